The Hall–Kier alpha value is -1.32. The lowest BCUT2D eigenvalue weighted by molar-refractivity contribution is 1.01. The fourth-order valence-corrected chi connectivity index (χ4v) is 0.477. The Bertz CT molecular complexity index is 309. The Morgan fingerprint density at radius 2 is 2.11 bits per heavy atom. The van der Waals surface area contributed by atoms with Crippen LogP contribution in [0.25, 0.3) is 0 Å². The van der Waals surface area contributed by atoms with Gasteiger partial charge < -0.3 is 4.98 Å². The first-order chi connectivity index (χ1) is 4.20. The SMILES string of the molecule is [13CH3]c1c[15nH]c(=O)[15nH]c1=O. The van der Waals surface area contributed by atoms with Gasteiger partial charge in [0, 0.05) is 11.8 Å². The summed E-state index contributed by atoms with van der Waals surface area (Å²) in [6.07, 6.45) is 1.38. The maximum atomic E-state index is 10.6. The molecular weight excluding hydrogens is 123 g/mol. The molecule has 0 aromatic carbocycles. The first-order valence-corrected chi connectivity index (χ1v) is 2.49. The van der Waals surface area contributed by atoms with Crippen LogP contribution in [0.1, 0.15) is 5.56 Å². The number of rotatable bonds is 0. The summed E-state index contributed by atoms with van der Waals surface area (Å²) >= 11 is 0. The average molecular weight is 129 g/mol. The molecule has 0 aliphatic heterocycles. The molecule has 2 N–H and O–H groups in total. The number of nitrogens with one attached hydrogen (secondary N) is 2. The molecule has 0 spiro atoms. The van der Waals surface area contributed by atoms with Crippen molar-refractivity contribution in [3.8, 4) is 0 Å². The number of hydrogen-bond donors (Lipinski definition) is 2. The van der Waals surface area contributed by atoms with Gasteiger partial charge in [-0.15, -0.1) is 0 Å². The second-order valence-electron chi connectivity index (χ2n) is 1.75. The first-order valence-electron chi connectivity index (χ1n) is 2.49. The number of aromatic nitrogens is 2. The monoisotopic (exact) mass is 129 g/mol. The normalized spacial score (nSPS) is 9.44. The second-order valence-corrected chi connectivity index (χ2v) is 1.75. The van der Waals surface area contributed by atoms with Crippen molar-refractivity contribution in [1.82, 2.24) is 9.97 Å². The van der Waals surface area contributed by atoms with Crippen LogP contribution in [-0.2, 0) is 0 Å². The van der Waals surface area contributed by atoms with E-state index >= 15 is 0 Å². The van der Waals surface area contributed by atoms with E-state index in [9.17, 15) is 9.59 Å². The summed E-state index contributed by atoms with van der Waals surface area (Å²) in [4.78, 5) is 25.3. The Balaban J connectivity index is 3.52. The predicted octanol–water partition coefficient (Wildman–Crippen LogP) is -0.628. The van der Waals surface area contributed by atoms with Crippen LogP contribution in [0.4, 0.5) is 0 Å². The summed E-state index contributed by atoms with van der Waals surface area (Å²) in [6.45, 7) is 1.62. The van der Waals surface area contributed by atoms with Gasteiger partial charge in [-0.1, -0.05) is 0 Å². The van der Waals surface area contributed by atoms with Gasteiger partial charge in [0.25, 0.3) is 5.56 Å². The summed E-state index contributed by atoms with van der Waals surface area (Å²) in [5.74, 6) is 0. The van der Waals surface area contributed by atoms with Crippen LogP contribution in [0.5, 0.6) is 0 Å². The molecule has 4 nitrogen and oxygen atoms in total. The molecule has 0 unspecified atom stereocenters. The van der Waals surface area contributed by atoms with E-state index in [4.69, 9.17) is 0 Å². The second kappa shape index (κ2) is 1.89. The minimum absolute atomic E-state index is 0.334. The van der Waals surface area contributed by atoms with Gasteiger partial charge in [0.15, 0.2) is 0 Å². The predicted molar refractivity (Wildman–Crippen MR) is 32.4 cm³/mol. The van der Waals surface area contributed by atoms with Crippen molar-refractivity contribution >= 4 is 0 Å². The zero-order valence-electron chi connectivity index (χ0n) is 4.89. The summed E-state index contributed by atoms with van der Waals surface area (Å²) in [5.41, 5.74) is -0.293. The van der Waals surface area contributed by atoms with Crippen LogP contribution in [0.15, 0.2) is 15.8 Å². The van der Waals surface area contributed by atoms with Crippen molar-refractivity contribution in [1.29, 1.82) is 0 Å². The zero-order valence-corrected chi connectivity index (χ0v) is 4.89. The Morgan fingerprint density at radius 1 is 1.44 bits per heavy atom. The molecule has 1 heterocycles. The molecule has 0 aliphatic rings. The molecule has 1 rings (SSSR count). The van der Waals surface area contributed by atoms with Gasteiger partial charge >= 0.3 is 5.69 Å². The molecule has 0 atom stereocenters. The summed E-state index contributed by atoms with van der Waals surface area (Å²) < 4.78 is 0. The van der Waals surface area contributed by atoms with Crippen molar-refractivity contribution in [2.45, 2.75) is 6.92 Å². The highest BCUT2D eigenvalue weighted by atomic mass is 16.2. The van der Waals surface area contributed by atoms with E-state index in [0.717, 1.165) is 0 Å². The van der Waals surface area contributed by atoms with E-state index < -0.39 is 5.69 Å². The Kier molecular flexibility index (Phi) is 1.22. The third-order valence-electron chi connectivity index (χ3n) is 1.00. The lowest BCUT2D eigenvalue weighted by atomic mass is 10.5. The Morgan fingerprint density at radius 3 is 2.56 bits per heavy atom. The van der Waals surface area contributed by atoms with Crippen molar-refractivity contribution in [3.05, 3.63) is 32.6 Å². The summed E-state index contributed by atoms with van der Waals surface area (Å²) in [7, 11) is 0. The van der Waals surface area contributed by atoms with E-state index in [-0.39, 0.29) is 5.56 Å². The van der Waals surface area contributed by atoms with Crippen LogP contribution >= 0.6 is 0 Å². The van der Waals surface area contributed by atoms with Crippen molar-refractivity contribution in [3.63, 3.8) is 0 Å². The molecule has 0 fully saturated rings. The molecular formula is C5H6N2O2. The standard InChI is InChI=1S/C5H6N2O2/c1-3-2-6-5(9)7-4(3)8/h2H,1H3,(H2,6,7,8,9)/i1+1,6+1,7+1. The van der Waals surface area contributed by atoms with Gasteiger partial charge in [0.2, 0.25) is 0 Å². The van der Waals surface area contributed by atoms with Gasteiger partial charge in [-0.3, -0.25) is 9.78 Å². The highest BCUT2D eigenvalue weighted by molar-refractivity contribution is 4.98. The minimum atomic E-state index is -0.467. The van der Waals surface area contributed by atoms with Crippen LogP contribution in [0.2, 0.25) is 0 Å². The van der Waals surface area contributed by atoms with E-state index in [0.29, 0.717) is 5.56 Å². The lowest BCUT2D eigenvalue weighted by Crippen LogP contribution is -2.22. The molecule has 9 heavy (non-hydrogen) atoms. The molecule has 0 saturated heterocycles. The quantitative estimate of drug-likeness (QED) is 0.458. The van der Waals surface area contributed by atoms with E-state index in [2.05, 4.69) is 9.97 Å². The zero-order chi connectivity index (χ0) is 6.85. The number of aromatic amines is 2. The van der Waals surface area contributed by atoms with E-state index in [1.165, 1.54) is 6.20 Å². The fraction of sp³-hybridized carbons (Fsp3) is 0.200. The van der Waals surface area contributed by atoms with E-state index in [1.54, 1.807) is 6.92 Å². The van der Waals surface area contributed by atoms with Gasteiger partial charge in [0.05, 0.1) is 0 Å². The van der Waals surface area contributed by atoms with Gasteiger partial charge in [-0.05, 0) is 6.92 Å². The lowest BCUT2D eigenvalue weighted by Gasteiger charge is -1.84. The Labute approximate surface area is 50.6 Å². The summed E-state index contributed by atoms with van der Waals surface area (Å²) in [6, 6.07) is 0. The summed E-state index contributed by atoms with van der Waals surface area (Å²) in [5, 5.41) is 0. The van der Waals surface area contributed by atoms with Crippen LogP contribution in [0, 0.1) is 6.92 Å². The van der Waals surface area contributed by atoms with Gasteiger partial charge in [-0.25, -0.2) is 4.79 Å². The number of hydrogen-bond acceptors (Lipinski definition) is 2. The fourth-order valence-electron chi connectivity index (χ4n) is 0.477. The molecule has 4 heteroatoms. The van der Waals surface area contributed by atoms with Crippen LogP contribution < -0.4 is 11.2 Å². The first kappa shape index (κ1) is 5.81. The van der Waals surface area contributed by atoms with Gasteiger partial charge in [0.1, 0.15) is 0 Å². The van der Waals surface area contributed by atoms with Crippen molar-refractivity contribution in [2.24, 2.45) is 0 Å². The maximum absolute atomic E-state index is 10.6. The molecule has 0 amide bonds. The molecule has 0 radical (unpaired) electrons. The van der Waals surface area contributed by atoms with Gasteiger partial charge in [-0.2, -0.15) is 0 Å². The van der Waals surface area contributed by atoms with E-state index in [1.807, 2.05) is 0 Å². The highest BCUT2D eigenvalue weighted by Gasteiger charge is 1.88. The molecule has 1 aromatic rings. The van der Waals surface area contributed by atoms with Crippen LogP contribution in [0.3, 0.4) is 0 Å². The molecule has 48 valence electrons. The molecule has 0 saturated carbocycles. The third kappa shape index (κ3) is 1.07. The van der Waals surface area contributed by atoms with Crippen LogP contribution in [-0.4, -0.2) is 9.97 Å². The third-order valence-corrected chi connectivity index (χ3v) is 1.00. The number of aryl methyl sites for hydroxylation is 1. The molecule has 0 bridgehead atoms. The largest absolute Gasteiger partial charge is 0.325 e. The molecule has 0 aliphatic carbocycles. The van der Waals surface area contributed by atoms with Crippen molar-refractivity contribution < 1.29 is 0 Å². The molecule has 1 aromatic heterocycles. The maximum Gasteiger partial charge on any atom is 0.325 e. The highest BCUT2D eigenvalue weighted by Crippen LogP contribution is 1.73. The average Bonchev–Trinajstić information content (AvgIpc) is 1.80. The minimum Gasteiger partial charge on any atom is -0.314 e. The van der Waals surface area contributed by atoms with Crippen molar-refractivity contribution in [2.75, 3.05) is 0 Å². The smallest absolute Gasteiger partial charge is 0.314 e. The topological polar surface area (TPSA) is 65.7 Å². The number of H-pyrrole nitrogens is 2.